The minimum absolute atomic E-state index is 0.142. The first-order valence-corrected chi connectivity index (χ1v) is 7.93. The normalized spacial score (nSPS) is 27.5. The van der Waals surface area contributed by atoms with Crippen molar-refractivity contribution in [2.75, 3.05) is 0 Å². The van der Waals surface area contributed by atoms with E-state index in [4.69, 9.17) is 11.6 Å². The SMILES string of the molecule is CCCC1CCC(Cl)C(Cc2ccc(F)cc2C)C1. The number of hydrogen-bond acceptors (Lipinski definition) is 0. The van der Waals surface area contributed by atoms with E-state index in [-0.39, 0.29) is 11.2 Å². The van der Waals surface area contributed by atoms with Crippen molar-refractivity contribution in [1.29, 1.82) is 0 Å². The molecule has 1 aliphatic rings. The highest BCUT2D eigenvalue weighted by Crippen LogP contribution is 2.37. The third kappa shape index (κ3) is 3.95. The summed E-state index contributed by atoms with van der Waals surface area (Å²) in [6.07, 6.45) is 7.24. The molecule has 106 valence electrons. The van der Waals surface area contributed by atoms with Gasteiger partial charge in [-0.3, -0.25) is 0 Å². The topological polar surface area (TPSA) is 0 Å². The fraction of sp³-hybridized carbons (Fsp3) is 0.647. The highest BCUT2D eigenvalue weighted by molar-refractivity contribution is 6.20. The molecule has 1 aromatic rings. The predicted molar refractivity (Wildman–Crippen MR) is 80.2 cm³/mol. The Balaban J connectivity index is 2.03. The molecule has 0 aliphatic heterocycles. The van der Waals surface area contributed by atoms with Crippen molar-refractivity contribution >= 4 is 11.6 Å². The van der Waals surface area contributed by atoms with E-state index in [1.807, 2.05) is 13.0 Å². The van der Waals surface area contributed by atoms with E-state index in [9.17, 15) is 4.39 Å². The van der Waals surface area contributed by atoms with E-state index in [0.29, 0.717) is 5.92 Å². The van der Waals surface area contributed by atoms with Crippen LogP contribution in [-0.2, 0) is 6.42 Å². The number of benzene rings is 1. The molecule has 0 amide bonds. The molecular formula is C17H24ClF. The molecule has 0 saturated heterocycles. The number of aryl methyl sites for hydroxylation is 1. The zero-order valence-corrected chi connectivity index (χ0v) is 12.7. The van der Waals surface area contributed by atoms with Crippen LogP contribution >= 0.6 is 11.6 Å². The van der Waals surface area contributed by atoms with Crippen molar-refractivity contribution in [1.82, 2.24) is 0 Å². The summed E-state index contributed by atoms with van der Waals surface area (Å²) in [4.78, 5) is 0. The predicted octanol–water partition coefficient (Wildman–Crippen LogP) is 5.50. The zero-order chi connectivity index (χ0) is 13.8. The van der Waals surface area contributed by atoms with Crippen molar-refractivity contribution < 1.29 is 4.39 Å². The lowest BCUT2D eigenvalue weighted by molar-refractivity contribution is 0.257. The van der Waals surface area contributed by atoms with Crippen LogP contribution in [0.5, 0.6) is 0 Å². The molecule has 1 aromatic carbocycles. The Morgan fingerprint density at radius 2 is 2.11 bits per heavy atom. The Morgan fingerprint density at radius 1 is 1.32 bits per heavy atom. The van der Waals surface area contributed by atoms with Gasteiger partial charge in [0, 0.05) is 5.38 Å². The largest absolute Gasteiger partial charge is 0.207 e. The molecule has 1 saturated carbocycles. The molecule has 1 fully saturated rings. The standard InChI is InChI=1S/C17H24ClF/c1-3-4-13-5-8-17(18)15(10-13)11-14-6-7-16(19)9-12(14)2/h6-7,9,13,15,17H,3-5,8,10-11H2,1-2H3. The molecule has 0 aromatic heterocycles. The summed E-state index contributed by atoms with van der Waals surface area (Å²) >= 11 is 6.51. The highest BCUT2D eigenvalue weighted by Gasteiger charge is 2.29. The van der Waals surface area contributed by atoms with Crippen LogP contribution in [0.2, 0.25) is 0 Å². The molecule has 1 aliphatic carbocycles. The molecule has 0 spiro atoms. The average Bonchev–Trinajstić information content (AvgIpc) is 2.37. The van der Waals surface area contributed by atoms with Gasteiger partial charge in [0.2, 0.25) is 0 Å². The summed E-state index contributed by atoms with van der Waals surface area (Å²) in [5.41, 5.74) is 2.32. The van der Waals surface area contributed by atoms with Gasteiger partial charge in [-0.15, -0.1) is 11.6 Å². The van der Waals surface area contributed by atoms with E-state index in [1.165, 1.54) is 31.2 Å². The number of alkyl halides is 1. The van der Waals surface area contributed by atoms with Gasteiger partial charge < -0.3 is 0 Å². The van der Waals surface area contributed by atoms with Gasteiger partial charge in [-0.25, -0.2) is 4.39 Å². The molecule has 19 heavy (non-hydrogen) atoms. The van der Waals surface area contributed by atoms with E-state index in [0.717, 1.165) is 24.3 Å². The van der Waals surface area contributed by atoms with Crippen molar-refractivity contribution in [3.63, 3.8) is 0 Å². The van der Waals surface area contributed by atoms with Crippen LogP contribution in [0.4, 0.5) is 4.39 Å². The molecule has 2 rings (SSSR count). The van der Waals surface area contributed by atoms with Crippen LogP contribution in [0.25, 0.3) is 0 Å². The Hall–Kier alpha value is -0.560. The maximum Gasteiger partial charge on any atom is 0.123 e. The van der Waals surface area contributed by atoms with Gasteiger partial charge in [0.05, 0.1) is 0 Å². The Kier molecular flexibility index (Phi) is 5.27. The fourth-order valence-electron chi connectivity index (χ4n) is 3.38. The first kappa shape index (κ1) is 14.8. The van der Waals surface area contributed by atoms with Crippen LogP contribution in [0.3, 0.4) is 0 Å². The Labute approximate surface area is 121 Å². The zero-order valence-electron chi connectivity index (χ0n) is 12.0. The highest BCUT2D eigenvalue weighted by atomic mass is 35.5. The summed E-state index contributed by atoms with van der Waals surface area (Å²) in [5.74, 6) is 1.25. The van der Waals surface area contributed by atoms with E-state index < -0.39 is 0 Å². The third-order valence-corrected chi connectivity index (χ3v) is 5.06. The van der Waals surface area contributed by atoms with Gasteiger partial charge in [-0.05, 0) is 67.7 Å². The van der Waals surface area contributed by atoms with Gasteiger partial charge in [-0.2, -0.15) is 0 Å². The van der Waals surface area contributed by atoms with Gasteiger partial charge in [0.1, 0.15) is 5.82 Å². The number of rotatable bonds is 4. The van der Waals surface area contributed by atoms with Gasteiger partial charge in [-0.1, -0.05) is 25.8 Å². The summed E-state index contributed by atoms with van der Waals surface area (Å²) in [5, 5.41) is 0.289. The van der Waals surface area contributed by atoms with Crippen LogP contribution in [-0.4, -0.2) is 5.38 Å². The molecule has 2 heteroatoms. The van der Waals surface area contributed by atoms with Gasteiger partial charge in [0.25, 0.3) is 0 Å². The van der Waals surface area contributed by atoms with E-state index >= 15 is 0 Å². The number of halogens is 2. The van der Waals surface area contributed by atoms with E-state index in [1.54, 1.807) is 12.1 Å². The Bertz CT molecular complexity index is 416. The summed E-state index contributed by atoms with van der Waals surface area (Å²) in [6.45, 7) is 4.25. The molecule has 0 bridgehead atoms. The lowest BCUT2D eigenvalue weighted by Gasteiger charge is -2.33. The minimum Gasteiger partial charge on any atom is -0.207 e. The van der Waals surface area contributed by atoms with Crippen LogP contribution < -0.4 is 0 Å². The molecule has 0 heterocycles. The lowest BCUT2D eigenvalue weighted by Crippen LogP contribution is -2.27. The quantitative estimate of drug-likeness (QED) is 0.640. The molecule has 0 radical (unpaired) electrons. The average molecular weight is 283 g/mol. The molecule has 0 N–H and O–H groups in total. The van der Waals surface area contributed by atoms with E-state index in [2.05, 4.69) is 6.92 Å². The van der Waals surface area contributed by atoms with Crippen molar-refractivity contribution in [2.45, 2.75) is 57.7 Å². The van der Waals surface area contributed by atoms with Crippen molar-refractivity contribution in [3.05, 3.63) is 35.1 Å². The summed E-state index contributed by atoms with van der Waals surface area (Å²) in [6, 6.07) is 5.13. The van der Waals surface area contributed by atoms with Gasteiger partial charge >= 0.3 is 0 Å². The molecule has 3 atom stereocenters. The minimum atomic E-state index is -0.142. The monoisotopic (exact) mass is 282 g/mol. The second-order valence-electron chi connectivity index (χ2n) is 6.02. The fourth-order valence-corrected chi connectivity index (χ4v) is 3.69. The third-order valence-electron chi connectivity index (χ3n) is 4.48. The summed E-state index contributed by atoms with van der Waals surface area (Å²) in [7, 11) is 0. The lowest BCUT2D eigenvalue weighted by atomic mass is 9.76. The maximum atomic E-state index is 13.1. The van der Waals surface area contributed by atoms with Crippen molar-refractivity contribution in [3.8, 4) is 0 Å². The second-order valence-corrected chi connectivity index (χ2v) is 6.58. The first-order chi connectivity index (χ1) is 9.10. The van der Waals surface area contributed by atoms with Crippen LogP contribution in [0.1, 0.15) is 50.2 Å². The van der Waals surface area contributed by atoms with Crippen LogP contribution in [0.15, 0.2) is 18.2 Å². The summed E-state index contributed by atoms with van der Waals surface area (Å²) < 4.78 is 13.1. The Morgan fingerprint density at radius 3 is 2.79 bits per heavy atom. The smallest absolute Gasteiger partial charge is 0.123 e. The molecule has 0 nitrogen and oxygen atoms in total. The first-order valence-electron chi connectivity index (χ1n) is 7.49. The van der Waals surface area contributed by atoms with Crippen LogP contribution in [0, 0.1) is 24.6 Å². The maximum absolute atomic E-state index is 13.1. The molecule has 3 unspecified atom stereocenters. The van der Waals surface area contributed by atoms with Crippen molar-refractivity contribution in [2.24, 2.45) is 11.8 Å². The number of hydrogen-bond donors (Lipinski definition) is 0. The second kappa shape index (κ2) is 6.74. The van der Waals surface area contributed by atoms with Gasteiger partial charge in [0.15, 0.2) is 0 Å². The molecular weight excluding hydrogens is 259 g/mol.